The Balaban J connectivity index is 1.80. The third-order valence-electron chi connectivity index (χ3n) is 3.56. The fourth-order valence-electron chi connectivity index (χ4n) is 2.27. The Morgan fingerprint density at radius 3 is 2.56 bits per heavy atom. The minimum atomic E-state index is 0.139. The summed E-state index contributed by atoms with van der Waals surface area (Å²) in [5.74, 6) is 1.84. The molecule has 0 aromatic heterocycles. The van der Waals surface area contributed by atoms with Gasteiger partial charge in [-0.15, -0.1) is 0 Å². The number of benzene rings is 1. The van der Waals surface area contributed by atoms with Gasteiger partial charge in [0.25, 0.3) is 0 Å². The summed E-state index contributed by atoms with van der Waals surface area (Å²) in [4.78, 5) is 2.37. The van der Waals surface area contributed by atoms with E-state index in [9.17, 15) is 0 Å². The predicted octanol–water partition coefficient (Wildman–Crippen LogP) is 2.27. The number of hydrogen-bond donors (Lipinski definition) is 1. The molecule has 1 aromatic rings. The maximum atomic E-state index is 6.19. The quantitative estimate of drug-likeness (QED) is 0.821. The lowest BCUT2D eigenvalue weighted by Gasteiger charge is -2.21. The number of rotatable bonds is 5. The van der Waals surface area contributed by atoms with Crippen LogP contribution >= 0.6 is 0 Å². The van der Waals surface area contributed by atoms with Crippen molar-refractivity contribution in [2.45, 2.75) is 19.4 Å². The molecule has 1 fully saturated rings. The van der Waals surface area contributed by atoms with Crippen LogP contribution in [0.3, 0.4) is 0 Å². The van der Waals surface area contributed by atoms with Crippen LogP contribution < -0.4 is 5.73 Å². The van der Waals surface area contributed by atoms with E-state index in [1.807, 2.05) is 6.07 Å². The van der Waals surface area contributed by atoms with Gasteiger partial charge in [-0.3, -0.25) is 0 Å². The molecule has 3 unspecified atom stereocenters. The molecule has 1 aliphatic carbocycles. The molecule has 0 heterocycles. The molecule has 3 atom stereocenters. The fraction of sp³-hybridized carbons (Fsp3) is 0.571. The first-order valence-corrected chi connectivity index (χ1v) is 6.16. The molecule has 0 aliphatic heterocycles. The van der Waals surface area contributed by atoms with E-state index in [1.54, 1.807) is 0 Å². The van der Waals surface area contributed by atoms with Crippen molar-refractivity contribution in [3.63, 3.8) is 0 Å². The fourth-order valence-corrected chi connectivity index (χ4v) is 2.27. The molecular formula is C14H22N2. The van der Waals surface area contributed by atoms with Crippen molar-refractivity contribution in [2.24, 2.45) is 17.6 Å². The lowest BCUT2D eigenvalue weighted by Crippen LogP contribution is -2.30. The molecule has 0 bridgehead atoms. The second kappa shape index (κ2) is 4.98. The van der Waals surface area contributed by atoms with Crippen LogP contribution in [0.15, 0.2) is 30.3 Å². The molecule has 1 aliphatic rings. The van der Waals surface area contributed by atoms with Gasteiger partial charge in [0.1, 0.15) is 0 Å². The van der Waals surface area contributed by atoms with Crippen molar-refractivity contribution < 1.29 is 0 Å². The zero-order valence-electron chi connectivity index (χ0n) is 10.3. The van der Waals surface area contributed by atoms with Crippen LogP contribution in [0.4, 0.5) is 0 Å². The first-order chi connectivity index (χ1) is 7.66. The molecule has 2 N–H and O–H groups in total. The Bertz CT molecular complexity index is 323. The summed E-state index contributed by atoms with van der Waals surface area (Å²) in [6.45, 7) is 4.48. The molecule has 88 valence electrons. The lowest BCUT2D eigenvalue weighted by atomic mass is 10.1. The van der Waals surface area contributed by atoms with Gasteiger partial charge >= 0.3 is 0 Å². The molecule has 0 radical (unpaired) electrons. The summed E-state index contributed by atoms with van der Waals surface area (Å²) in [7, 11) is 2.17. The molecule has 2 nitrogen and oxygen atoms in total. The van der Waals surface area contributed by atoms with Crippen LogP contribution in [0.1, 0.15) is 24.9 Å². The first kappa shape index (κ1) is 11.6. The highest BCUT2D eigenvalue weighted by molar-refractivity contribution is 5.18. The summed E-state index contributed by atoms with van der Waals surface area (Å²) in [6.07, 6.45) is 1.39. The maximum Gasteiger partial charge on any atom is 0.0424 e. The van der Waals surface area contributed by atoms with Gasteiger partial charge in [-0.1, -0.05) is 37.3 Å². The highest BCUT2D eigenvalue weighted by Crippen LogP contribution is 2.38. The minimum Gasteiger partial charge on any atom is -0.323 e. The van der Waals surface area contributed by atoms with E-state index in [0.29, 0.717) is 0 Å². The number of nitrogens with two attached hydrogens (primary N) is 1. The molecule has 2 heteroatoms. The average molecular weight is 218 g/mol. The van der Waals surface area contributed by atoms with Crippen molar-refractivity contribution >= 4 is 0 Å². The average Bonchev–Trinajstić information content (AvgIpc) is 2.95. The summed E-state index contributed by atoms with van der Waals surface area (Å²) >= 11 is 0. The maximum absolute atomic E-state index is 6.19. The van der Waals surface area contributed by atoms with Gasteiger partial charge in [0.05, 0.1) is 0 Å². The molecular weight excluding hydrogens is 196 g/mol. The van der Waals surface area contributed by atoms with Crippen molar-refractivity contribution in [3.05, 3.63) is 35.9 Å². The monoisotopic (exact) mass is 218 g/mol. The molecule has 1 aromatic carbocycles. The molecule has 0 saturated heterocycles. The number of likely N-dealkylation sites (N-methyl/N-ethyl adjacent to an activating group) is 1. The summed E-state index contributed by atoms with van der Waals surface area (Å²) in [5, 5.41) is 0. The second-order valence-corrected chi connectivity index (χ2v) is 5.21. The van der Waals surface area contributed by atoms with Gasteiger partial charge in [0.15, 0.2) is 0 Å². The van der Waals surface area contributed by atoms with E-state index < -0.39 is 0 Å². The van der Waals surface area contributed by atoms with E-state index in [0.717, 1.165) is 18.4 Å². The number of nitrogens with zero attached hydrogens (tertiary/aromatic N) is 1. The minimum absolute atomic E-state index is 0.139. The zero-order chi connectivity index (χ0) is 11.5. The topological polar surface area (TPSA) is 29.3 Å². The Morgan fingerprint density at radius 2 is 2.00 bits per heavy atom. The van der Waals surface area contributed by atoms with Crippen LogP contribution in [0.5, 0.6) is 0 Å². The zero-order valence-corrected chi connectivity index (χ0v) is 10.3. The Morgan fingerprint density at radius 1 is 1.38 bits per heavy atom. The lowest BCUT2D eigenvalue weighted by molar-refractivity contribution is 0.296. The van der Waals surface area contributed by atoms with Gasteiger partial charge in [0.2, 0.25) is 0 Å². The van der Waals surface area contributed by atoms with Crippen LogP contribution in [-0.4, -0.2) is 25.0 Å². The van der Waals surface area contributed by atoms with Crippen molar-refractivity contribution in [1.29, 1.82) is 0 Å². The smallest absolute Gasteiger partial charge is 0.0424 e. The largest absolute Gasteiger partial charge is 0.323 e. The van der Waals surface area contributed by atoms with Gasteiger partial charge in [-0.05, 0) is 30.9 Å². The van der Waals surface area contributed by atoms with E-state index >= 15 is 0 Å². The standard InChI is InChI=1S/C14H22N2/c1-11-8-13(11)9-16(2)10-14(15)12-6-4-3-5-7-12/h3-7,11,13-14H,8-10,15H2,1-2H3. The summed E-state index contributed by atoms with van der Waals surface area (Å²) < 4.78 is 0. The number of hydrogen-bond acceptors (Lipinski definition) is 2. The van der Waals surface area contributed by atoms with Crippen molar-refractivity contribution in [1.82, 2.24) is 4.90 Å². The van der Waals surface area contributed by atoms with Gasteiger partial charge in [-0.25, -0.2) is 0 Å². The first-order valence-electron chi connectivity index (χ1n) is 6.16. The highest BCUT2D eigenvalue weighted by atomic mass is 15.1. The normalized spacial score (nSPS) is 25.8. The Kier molecular flexibility index (Phi) is 3.62. The van der Waals surface area contributed by atoms with E-state index in [4.69, 9.17) is 5.73 Å². The second-order valence-electron chi connectivity index (χ2n) is 5.21. The van der Waals surface area contributed by atoms with E-state index in [1.165, 1.54) is 18.5 Å². The SMILES string of the molecule is CC1CC1CN(C)CC(N)c1ccccc1. The summed E-state index contributed by atoms with van der Waals surface area (Å²) in [5.41, 5.74) is 7.42. The molecule has 1 saturated carbocycles. The van der Waals surface area contributed by atoms with Gasteiger partial charge in [0, 0.05) is 19.1 Å². The van der Waals surface area contributed by atoms with Crippen LogP contribution in [-0.2, 0) is 0 Å². The highest BCUT2D eigenvalue weighted by Gasteiger charge is 2.33. The van der Waals surface area contributed by atoms with Crippen LogP contribution in [0.2, 0.25) is 0 Å². The van der Waals surface area contributed by atoms with Crippen LogP contribution in [0.25, 0.3) is 0 Å². The van der Waals surface area contributed by atoms with Crippen molar-refractivity contribution in [2.75, 3.05) is 20.1 Å². The van der Waals surface area contributed by atoms with E-state index in [-0.39, 0.29) is 6.04 Å². The molecule has 0 spiro atoms. The molecule has 0 amide bonds. The molecule has 2 rings (SSSR count). The molecule has 16 heavy (non-hydrogen) atoms. The van der Waals surface area contributed by atoms with Crippen molar-refractivity contribution in [3.8, 4) is 0 Å². The Hall–Kier alpha value is -0.860. The van der Waals surface area contributed by atoms with Gasteiger partial charge < -0.3 is 10.6 Å². The van der Waals surface area contributed by atoms with E-state index in [2.05, 4.69) is 43.1 Å². The summed E-state index contributed by atoms with van der Waals surface area (Å²) in [6, 6.07) is 10.5. The van der Waals surface area contributed by atoms with Crippen LogP contribution in [0, 0.1) is 11.8 Å². The third-order valence-corrected chi connectivity index (χ3v) is 3.56. The van der Waals surface area contributed by atoms with Gasteiger partial charge in [-0.2, -0.15) is 0 Å². The predicted molar refractivity (Wildman–Crippen MR) is 68.1 cm³/mol. The third kappa shape index (κ3) is 3.06. The Labute approximate surface area is 98.4 Å².